The number of aliphatic carboxylic acids is 1. The van der Waals surface area contributed by atoms with Crippen molar-refractivity contribution < 1.29 is 19.5 Å². The second-order valence-corrected chi connectivity index (χ2v) is 4.39. The van der Waals surface area contributed by atoms with Gasteiger partial charge in [-0.3, -0.25) is 19.3 Å². The average molecular weight is 271 g/mol. The summed E-state index contributed by atoms with van der Waals surface area (Å²) in [5, 5.41) is 8.58. The first-order valence-corrected chi connectivity index (χ1v) is 6.19. The normalized spacial score (nSPS) is 12.9. The van der Waals surface area contributed by atoms with Crippen LogP contribution in [0.2, 0.25) is 0 Å². The fourth-order valence-electron chi connectivity index (χ4n) is 2.10. The smallest absolute Gasteiger partial charge is 0.303 e. The minimum absolute atomic E-state index is 0.0695. The molecule has 2 amide bonds. The van der Waals surface area contributed by atoms with Gasteiger partial charge in [0.15, 0.2) is 0 Å². The molecular formula is C15H13NO4. The summed E-state index contributed by atoms with van der Waals surface area (Å²) in [4.78, 5) is 35.8. The van der Waals surface area contributed by atoms with Crippen LogP contribution >= 0.6 is 0 Å². The first-order chi connectivity index (χ1) is 9.54. The molecule has 5 nitrogen and oxygen atoms in total. The lowest BCUT2D eigenvalue weighted by atomic mass is 10.1. The highest BCUT2D eigenvalue weighted by Gasteiger charge is 2.35. The number of imide groups is 1. The molecule has 0 aliphatic carbocycles. The molecule has 1 aliphatic heterocycles. The Morgan fingerprint density at radius 1 is 1.25 bits per heavy atom. The number of rotatable bonds is 4. The van der Waals surface area contributed by atoms with E-state index >= 15 is 0 Å². The Morgan fingerprint density at radius 3 is 2.60 bits per heavy atom. The number of carboxylic acids is 1. The molecule has 0 aromatic heterocycles. The maximum atomic E-state index is 12.1. The molecule has 1 aromatic carbocycles. The zero-order chi connectivity index (χ0) is 14.7. The van der Waals surface area contributed by atoms with E-state index in [1.807, 2.05) is 0 Å². The van der Waals surface area contributed by atoms with Crippen LogP contribution in [0.4, 0.5) is 0 Å². The molecular weight excluding hydrogens is 258 g/mol. The van der Waals surface area contributed by atoms with E-state index in [1.165, 1.54) is 0 Å². The molecule has 0 fully saturated rings. The zero-order valence-electron chi connectivity index (χ0n) is 11.0. The van der Waals surface area contributed by atoms with Gasteiger partial charge >= 0.3 is 5.97 Å². The standard InChI is InChI=1S/C15H13NO4/c1-2-4-10-6-7-11-12(9-10)15(20)16(14(11)19)8-3-5-13(17)18/h6-7,9H,3,5,8H2,1H3,(H,17,18). The molecule has 20 heavy (non-hydrogen) atoms. The van der Waals surface area contributed by atoms with Gasteiger partial charge in [-0.1, -0.05) is 5.92 Å². The molecule has 1 aromatic rings. The van der Waals surface area contributed by atoms with Crippen LogP contribution in [-0.4, -0.2) is 34.3 Å². The van der Waals surface area contributed by atoms with Crippen LogP contribution in [0, 0.1) is 11.8 Å². The van der Waals surface area contributed by atoms with E-state index in [-0.39, 0.29) is 31.2 Å². The van der Waals surface area contributed by atoms with Gasteiger partial charge < -0.3 is 5.11 Å². The van der Waals surface area contributed by atoms with Crippen molar-refractivity contribution >= 4 is 17.8 Å². The summed E-state index contributed by atoms with van der Waals surface area (Å²) in [5.41, 5.74) is 1.37. The number of hydrogen-bond acceptors (Lipinski definition) is 3. The van der Waals surface area contributed by atoms with Crippen molar-refractivity contribution in [3.8, 4) is 11.8 Å². The maximum Gasteiger partial charge on any atom is 0.303 e. The van der Waals surface area contributed by atoms with Crippen molar-refractivity contribution in [1.82, 2.24) is 4.90 Å². The Morgan fingerprint density at radius 2 is 1.95 bits per heavy atom. The molecule has 0 radical (unpaired) electrons. The summed E-state index contributed by atoms with van der Waals surface area (Å²) < 4.78 is 0. The Kier molecular flexibility index (Phi) is 3.85. The quantitative estimate of drug-likeness (QED) is 0.665. The average Bonchev–Trinajstić information content (AvgIpc) is 2.64. The number of carbonyl (C=O) groups excluding carboxylic acids is 2. The third-order valence-electron chi connectivity index (χ3n) is 3.01. The lowest BCUT2D eigenvalue weighted by Gasteiger charge is -2.12. The highest BCUT2D eigenvalue weighted by atomic mass is 16.4. The van der Waals surface area contributed by atoms with E-state index in [1.54, 1.807) is 25.1 Å². The van der Waals surface area contributed by atoms with Gasteiger partial charge in [-0.2, -0.15) is 0 Å². The molecule has 5 heteroatoms. The molecule has 1 heterocycles. The second kappa shape index (κ2) is 5.57. The number of benzene rings is 1. The molecule has 0 spiro atoms. The summed E-state index contributed by atoms with van der Waals surface area (Å²) in [7, 11) is 0. The van der Waals surface area contributed by atoms with Crippen LogP contribution < -0.4 is 0 Å². The van der Waals surface area contributed by atoms with E-state index in [2.05, 4.69) is 11.8 Å². The van der Waals surface area contributed by atoms with Crippen LogP contribution in [0.5, 0.6) is 0 Å². The Bertz CT molecular complexity index is 652. The van der Waals surface area contributed by atoms with E-state index < -0.39 is 5.97 Å². The first-order valence-electron chi connectivity index (χ1n) is 6.19. The van der Waals surface area contributed by atoms with Gasteiger partial charge in [-0.15, -0.1) is 5.92 Å². The summed E-state index contributed by atoms with van der Waals surface area (Å²) >= 11 is 0. The molecule has 2 rings (SSSR count). The molecule has 1 aliphatic rings. The Hall–Kier alpha value is -2.61. The Balaban J connectivity index is 2.20. The fraction of sp³-hybridized carbons (Fsp3) is 0.267. The molecule has 1 N–H and O–H groups in total. The van der Waals surface area contributed by atoms with Crippen molar-refractivity contribution in [2.45, 2.75) is 19.8 Å². The highest BCUT2D eigenvalue weighted by molar-refractivity contribution is 6.21. The first kappa shape index (κ1) is 13.8. The second-order valence-electron chi connectivity index (χ2n) is 4.39. The Labute approximate surface area is 116 Å². The number of amides is 2. The highest BCUT2D eigenvalue weighted by Crippen LogP contribution is 2.24. The van der Waals surface area contributed by atoms with Gasteiger partial charge in [0, 0.05) is 18.5 Å². The van der Waals surface area contributed by atoms with E-state index in [4.69, 9.17) is 5.11 Å². The van der Waals surface area contributed by atoms with E-state index in [0.29, 0.717) is 16.7 Å². The predicted octanol–water partition coefficient (Wildman–Crippen LogP) is 1.52. The number of carboxylic acid groups (broad SMARTS) is 1. The molecule has 0 atom stereocenters. The minimum Gasteiger partial charge on any atom is -0.481 e. The third-order valence-corrected chi connectivity index (χ3v) is 3.01. The van der Waals surface area contributed by atoms with Gasteiger partial charge in [0.1, 0.15) is 0 Å². The largest absolute Gasteiger partial charge is 0.481 e. The monoisotopic (exact) mass is 271 g/mol. The van der Waals surface area contributed by atoms with Gasteiger partial charge in [-0.05, 0) is 31.5 Å². The topological polar surface area (TPSA) is 74.7 Å². The zero-order valence-corrected chi connectivity index (χ0v) is 11.0. The number of carbonyl (C=O) groups is 3. The lowest BCUT2D eigenvalue weighted by molar-refractivity contribution is -0.137. The number of fused-ring (bicyclic) bond motifs is 1. The maximum absolute atomic E-state index is 12.1. The van der Waals surface area contributed by atoms with Crippen LogP contribution in [0.3, 0.4) is 0 Å². The molecule has 0 unspecified atom stereocenters. The van der Waals surface area contributed by atoms with Gasteiger partial charge in [0.05, 0.1) is 11.1 Å². The summed E-state index contributed by atoms with van der Waals surface area (Å²) in [5.74, 6) is 3.88. The fourth-order valence-corrected chi connectivity index (χ4v) is 2.10. The van der Waals surface area contributed by atoms with E-state index in [0.717, 1.165) is 4.90 Å². The van der Waals surface area contributed by atoms with Gasteiger partial charge in [-0.25, -0.2) is 0 Å². The summed E-state index contributed by atoms with van der Waals surface area (Å²) in [6.45, 7) is 1.81. The predicted molar refractivity (Wildman–Crippen MR) is 71.2 cm³/mol. The number of hydrogen-bond donors (Lipinski definition) is 1. The summed E-state index contributed by atoms with van der Waals surface area (Å²) in [6, 6.07) is 4.89. The minimum atomic E-state index is -0.942. The SMILES string of the molecule is CC#Cc1ccc2c(c1)C(=O)N(CCCC(=O)O)C2=O. The number of nitrogens with zero attached hydrogens (tertiary/aromatic N) is 1. The molecule has 102 valence electrons. The molecule has 0 saturated heterocycles. The van der Waals surface area contributed by atoms with Gasteiger partial charge in [0.2, 0.25) is 0 Å². The van der Waals surface area contributed by atoms with Crippen LogP contribution in [0.15, 0.2) is 18.2 Å². The van der Waals surface area contributed by atoms with Crippen molar-refractivity contribution in [3.05, 3.63) is 34.9 Å². The third kappa shape index (κ3) is 2.54. The van der Waals surface area contributed by atoms with Crippen LogP contribution in [0.25, 0.3) is 0 Å². The van der Waals surface area contributed by atoms with Crippen LogP contribution in [-0.2, 0) is 4.79 Å². The van der Waals surface area contributed by atoms with Crippen molar-refractivity contribution in [3.63, 3.8) is 0 Å². The molecule has 0 bridgehead atoms. The van der Waals surface area contributed by atoms with E-state index in [9.17, 15) is 14.4 Å². The van der Waals surface area contributed by atoms with Gasteiger partial charge in [0.25, 0.3) is 11.8 Å². The molecule has 0 saturated carbocycles. The lowest BCUT2D eigenvalue weighted by Crippen LogP contribution is -2.31. The van der Waals surface area contributed by atoms with Crippen molar-refractivity contribution in [1.29, 1.82) is 0 Å². The van der Waals surface area contributed by atoms with Crippen LogP contribution in [0.1, 0.15) is 46.0 Å². The van der Waals surface area contributed by atoms with Crippen molar-refractivity contribution in [2.24, 2.45) is 0 Å². The van der Waals surface area contributed by atoms with Crippen molar-refractivity contribution in [2.75, 3.05) is 6.54 Å². The summed E-state index contributed by atoms with van der Waals surface area (Å²) in [6.07, 6.45) is 0.183.